The van der Waals surface area contributed by atoms with E-state index in [1.807, 2.05) is 54.8 Å². The molecular weight excluding hydrogens is 566 g/mol. The lowest BCUT2D eigenvalue weighted by Crippen LogP contribution is -2.38. The Morgan fingerprint density at radius 1 is 1.09 bits per heavy atom. The fraction of sp³-hybridized carbons (Fsp3) is 0.455. The van der Waals surface area contributed by atoms with Gasteiger partial charge in [-0.2, -0.15) is 0 Å². The van der Waals surface area contributed by atoms with Gasteiger partial charge in [-0.15, -0.1) is 0 Å². The van der Waals surface area contributed by atoms with Crippen LogP contribution in [-0.4, -0.2) is 82.1 Å². The first-order valence-electron chi connectivity index (χ1n) is 14.4. The number of anilines is 2. The van der Waals surface area contributed by atoms with Gasteiger partial charge in [0, 0.05) is 44.8 Å². The zero-order chi connectivity index (χ0) is 31.4. The van der Waals surface area contributed by atoms with E-state index < -0.39 is 5.92 Å². The van der Waals surface area contributed by atoms with Crippen molar-refractivity contribution in [2.75, 3.05) is 70.0 Å². The maximum atomic E-state index is 13.9. The van der Waals surface area contributed by atoms with Gasteiger partial charge in [0.05, 0.1) is 37.6 Å². The number of carbonyl (C=O) groups excluding carboxylic acids is 2. The summed E-state index contributed by atoms with van der Waals surface area (Å²) in [6.07, 6.45) is 2.78. The standard InChI is InChI=1S/C32H41N3O5S.CH4O/c1-32(2,3)22-20-27(30(38-4)28(21-22)34-41-5)33-31(37)26(12-16-36)24-10-11-29(25-9-7-6-8-23(24)25)40-19-15-35-13-17-39-18-14-35;1-2/h6-11,16,20-21,26,34H,12-15,17-19H2,1-5H3,(H,33,37);2H,1H3. The van der Waals surface area contributed by atoms with Crippen LogP contribution in [0.15, 0.2) is 48.5 Å². The van der Waals surface area contributed by atoms with Crippen LogP contribution >= 0.6 is 11.9 Å². The van der Waals surface area contributed by atoms with Crippen molar-refractivity contribution in [2.45, 2.75) is 38.5 Å². The van der Waals surface area contributed by atoms with E-state index in [0.29, 0.717) is 18.0 Å². The summed E-state index contributed by atoms with van der Waals surface area (Å²) in [6.45, 7) is 11.0. The van der Waals surface area contributed by atoms with Crippen LogP contribution in [0.3, 0.4) is 0 Å². The number of rotatable bonds is 12. The summed E-state index contributed by atoms with van der Waals surface area (Å²) in [5.41, 5.74) is 3.00. The first kappa shape index (κ1) is 34.2. The van der Waals surface area contributed by atoms with Gasteiger partial charge in [-0.25, -0.2) is 0 Å². The molecule has 0 radical (unpaired) electrons. The number of aliphatic hydroxyl groups is 1. The van der Waals surface area contributed by atoms with Gasteiger partial charge in [0.1, 0.15) is 18.6 Å². The van der Waals surface area contributed by atoms with Gasteiger partial charge < -0.3 is 34.2 Å². The predicted octanol–water partition coefficient (Wildman–Crippen LogP) is 5.47. The Balaban J connectivity index is 0.00000248. The van der Waals surface area contributed by atoms with E-state index >= 15 is 0 Å². The third-order valence-corrected chi connectivity index (χ3v) is 7.76. The SMILES string of the molecule is CO.COc1c(NSC)cc(C(C)(C)C)cc1NC(=O)C(CC=O)c1ccc(OCCN2CCOCC2)c2ccccc12. The third kappa shape index (κ3) is 8.86. The van der Waals surface area contributed by atoms with Crippen LogP contribution in [0.1, 0.15) is 44.2 Å². The number of aldehydes is 1. The second-order valence-electron chi connectivity index (χ2n) is 11.1. The summed E-state index contributed by atoms with van der Waals surface area (Å²) >= 11 is 1.45. The number of hydrogen-bond donors (Lipinski definition) is 3. The first-order chi connectivity index (χ1) is 20.8. The molecule has 1 amide bonds. The minimum Gasteiger partial charge on any atom is -0.492 e. The largest absolute Gasteiger partial charge is 0.492 e. The number of ether oxygens (including phenoxy) is 3. The predicted molar refractivity (Wildman–Crippen MR) is 176 cm³/mol. The van der Waals surface area contributed by atoms with E-state index in [2.05, 4.69) is 35.7 Å². The number of aliphatic hydroxyl groups excluding tert-OH is 1. The van der Waals surface area contributed by atoms with Gasteiger partial charge in [-0.1, -0.05) is 63.1 Å². The number of benzene rings is 3. The molecular formula is C33H45N3O6S. The van der Waals surface area contributed by atoms with Crippen molar-refractivity contribution in [2.24, 2.45) is 0 Å². The summed E-state index contributed by atoms with van der Waals surface area (Å²) in [4.78, 5) is 28.0. The topological polar surface area (TPSA) is 109 Å². The van der Waals surface area contributed by atoms with Crippen LogP contribution in [0, 0.1) is 0 Å². The molecule has 0 aromatic heterocycles. The molecule has 1 saturated heterocycles. The summed E-state index contributed by atoms with van der Waals surface area (Å²) < 4.78 is 20.6. The molecule has 10 heteroatoms. The minimum atomic E-state index is -0.695. The van der Waals surface area contributed by atoms with Crippen LogP contribution in [0.2, 0.25) is 0 Å². The maximum absolute atomic E-state index is 13.9. The number of morpholine rings is 1. The third-order valence-electron chi connectivity index (χ3n) is 7.34. The van der Waals surface area contributed by atoms with Crippen LogP contribution in [0.5, 0.6) is 11.5 Å². The Labute approximate surface area is 259 Å². The van der Waals surface area contributed by atoms with Gasteiger partial charge in [0.2, 0.25) is 5.91 Å². The fourth-order valence-corrected chi connectivity index (χ4v) is 5.46. The van der Waals surface area contributed by atoms with Gasteiger partial charge in [0.25, 0.3) is 0 Å². The minimum absolute atomic E-state index is 0.0459. The molecule has 1 unspecified atom stereocenters. The molecule has 0 spiro atoms. The molecule has 4 rings (SSSR count). The van der Waals surface area contributed by atoms with E-state index in [1.165, 1.54) is 11.9 Å². The van der Waals surface area contributed by atoms with E-state index in [1.54, 1.807) is 7.11 Å². The number of amides is 1. The quantitative estimate of drug-likeness (QED) is 0.182. The van der Waals surface area contributed by atoms with Crippen LogP contribution in [0.25, 0.3) is 10.8 Å². The maximum Gasteiger partial charge on any atom is 0.232 e. The Morgan fingerprint density at radius 3 is 2.40 bits per heavy atom. The number of hydrogen-bond acceptors (Lipinski definition) is 9. The summed E-state index contributed by atoms with van der Waals surface area (Å²) in [5.74, 6) is 0.331. The van der Waals surface area contributed by atoms with Gasteiger partial charge in [0.15, 0.2) is 5.75 Å². The zero-order valence-electron chi connectivity index (χ0n) is 26.1. The fourth-order valence-electron chi connectivity index (χ4n) is 5.09. The Kier molecular flexibility index (Phi) is 13.1. The lowest BCUT2D eigenvalue weighted by atomic mass is 9.86. The van der Waals surface area contributed by atoms with Crippen molar-refractivity contribution >= 4 is 46.3 Å². The highest BCUT2D eigenvalue weighted by Gasteiger charge is 2.26. The molecule has 3 N–H and O–H groups in total. The van der Waals surface area contributed by atoms with Crippen molar-refractivity contribution in [1.82, 2.24) is 4.90 Å². The number of nitrogens with zero attached hydrogens (tertiary/aromatic N) is 1. The summed E-state index contributed by atoms with van der Waals surface area (Å²) in [7, 11) is 2.58. The van der Waals surface area contributed by atoms with E-state index in [-0.39, 0.29) is 17.7 Å². The second kappa shape index (κ2) is 16.5. The summed E-state index contributed by atoms with van der Waals surface area (Å²) in [6, 6.07) is 15.7. The number of methoxy groups -OCH3 is 1. The van der Waals surface area contributed by atoms with Crippen LogP contribution in [0.4, 0.5) is 11.4 Å². The lowest BCUT2D eigenvalue weighted by Gasteiger charge is -2.26. The molecule has 1 aliphatic rings. The number of nitrogens with one attached hydrogen (secondary N) is 2. The smallest absolute Gasteiger partial charge is 0.232 e. The molecule has 0 aliphatic carbocycles. The molecule has 43 heavy (non-hydrogen) atoms. The number of carbonyl (C=O) groups is 2. The number of fused-ring (bicyclic) bond motifs is 1. The molecule has 0 saturated carbocycles. The molecule has 9 nitrogen and oxygen atoms in total. The van der Waals surface area contributed by atoms with Crippen molar-refractivity contribution in [1.29, 1.82) is 0 Å². The van der Waals surface area contributed by atoms with E-state index in [0.717, 1.165) is 79.6 Å². The van der Waals surface area contributed by atoms with Crippen LogP contribution in [-0.2, 0) is 19.7 Å². The monoisotopic (exact) mass is 611 g/mol. The molecule has 0 bridgehead atoms. The van der Waals surface area contributed by atoms with E-state index in [9.17, 15) is 9.59 Å². The molecule has 1 atom stereocenters. The molecule has 3 aromatic rings. The molecule has 3 aromatic carbocycles. The lowest BCUT2D eigenvalue weighted by molar-refractivity contribution is -0.119. The first-order valence-corrected chi connectivity index (χ1v) is 15.6. The average molecular weight is 612 g/mol. The molecule has 1 heterocycles. The van der Waals surface area contributed by atoms with E-state index in [4.69, 9.17) is 19.3 Å². The highest BCUT2D eigenvalue weighted by molar-refractivity contribution is 7.99. The van der Waals surface area contributed by atoms with Crippen molar-refractivity contribution in [3.63, 3.8) is 0 Å². The Hall–Kier alpha value is -3.31. The normalized spacial score (nSPS) is 14.3. The molecule has 1 fully saturated rings. The second-order valence-corrected chi connectivity index (χ2v) is 11.7. The van der Waals surface area contributed by atoms with Gasteiger partial charge in [-0.05, 0) is 40.1 Å². The average Bonchev–Trinajstić information content (AvgIpc) is 3.01. The highest BCUT2D eigenvalue weighted by Crippen LogP contribution is 2.41. The zero-order valence-corrected chi connectivity index (χ0v) is 26.9. The van der Waals surface area contributed by atoms with Crippen LogP contribution < -0.4 is 19.5 Å². The molecule has 1 aliphatic heterocycles. The summed E-state index contributed by atoms with van der Waals surface area (Å²) in [5, 5.41) is 11.9. The van der Waals surface area contributed by atoms with Crippen molar-refractivity contribution in [3.8, 4) is 11.5 Å². The van der Waals surface area contributed by atoms with Gasteiger partial charge in [-0.3, -0.25) is 9.69 Å². The molecule has 234 valence electrons. The highest BCUT2D eigenvalue weighted by atomic mass is 32.2. The van der Waals surface area contributed by atoms with Crippen molar-refractivity contribution in [3.05, 3.63) is 59.7 Å². The Bertz CT molecular complexity index is 1350. The Morgan fingerprint density at radius 2 is 1.77 bits per heavy atom. The van der Waals surface area contributed by atoms with Crippen molar-refractivity contribution < 1.29 is 28.9 Å². The van der Waals surface area contributed by atoms with Gasteiger partial charge >= 0.3 is 0 Å².